The summed E-state index contributed by atoms with van der Waals surface area (Å²) in [6, 6.07) is 7.19. The number of benzene rings is 1. The van der Waals surface area contributed by atoms with E-state index in [1.165, 1.54) is 25.1 Å². The van der Waals surface area contributed by atoms with E-state index in [1.807, 2.05) is 6.92 Å². The highest BCUT2D eigenvalue weighted by molar-refractivity contribution is 6.11. The first-order valence-corrected chi connectivity index (χ1v) is 8.09. The monoisotopic (exact) mass is 342 g/mol. The third kappa shape index (κ3) is 3.45. The molecule has 0 amide bonds. The van der Waals surface area contributed by atoms with E-state index in [-0.39, 0.29) is 28.8 Å². The molecule has 2 rings (SSSR count). The summed E-state index contributed by atoms with van der Waals surface area (Å²) in [5.74, 6) is -2.01. The van der Waals surface area contributed by atoms with Crippen LogP contribution in [0.4, 0.5) is 4.39 Å². The molecule has 0 aliphatic carbocycles. The van der Waals surface area contributed by atoms with E-state index in [9.17, 15) is 24.3 Å². The molecular weight excluding hydrogens is 323 g/mol. The zero-order valence-electron chi connectivity index (χ0n) is 14.2. The first-order chi connectivity index (χ1) is 11.9. The zero-order chi connectivity index (χ0) is 18.6. The number of carbonyl (C=O) groups is 1. The SMILES string of the molecule is CCCCCn1c(O)c(C(=O)c2ccccc2F)c(C)c(C#N)c1=O. The van der Waals surface area contributed by atoms with E-state index in [0.29, 0.717) is 6.42 Å². The minimum atomic E-state index is -0.756. The standard InChI is InChI=1S/C19H19FN2O3/c1-3-4-7-10-22-18(24)14(11-21)12(2)16(19(22)25)17(23)13-8-5-6-9-15(13)20/h5-6,8-9,25H,3-4,7,10H2,1-2H3. The predicted octanol–water partition coefficient (Wildman–Crippen LogP) is 3.29. The van der Waals surface area contributed by atoms with Crippen LogP contribution in [0.15, 0.2) is 29.1 Å². The maximum absolute atomic E-state index is 14.0. The fourth-order valence-electron chi connectivity index (χ4n) is 2.73. The molecule has 0 bridgehead atoms. The topological polar surface area (TPSA) is 83.1 Å². The lowest BCUT2D eigenvalue weighted by Crippen LogP contribution is -2.27. The third-order valence-corrected chi connectivity index (χ3v) is 4.13. The van der Waals surface area contributed by atoms with Gasteiger partial charge in [-0.1, -0.05) is 31.9 Å². The molecule has 25 heavy (non-hydrogen) atoms. The normalized spacial score (nSPS) is 10.5. The molecule has 0 spiro atoms. The van der Waals surface area contributed by atoms with Crippen LogP contribution in [0.1, 0.15) is 53.2 Å². The van der Waals surface area contributed by atoms with Gasteiger partial charge in [0.15, 0.2) is 0 Å². The Morgan fingerprint density at radius 2 is 2.00 bits per heavy atom. The zero-order valence-corrected chi connectivity index (χ0v) is 14.2. The summed E-state index contributed by atoms with van der Waals surface area (Å²) < 4.78 is 15.0. The van der Waals surface area contributed by atoms with Crippen LogP contribution < -0.4 is 5.56 Å². The molecule has 0 radical (unpaired) electrons. The second kappa shape index (κ2) is 7.75. The van der Waals surface area contributed by atoms with Crippen LogP contribution in [-0.4, -0.2) is 15.5 Å². The van der Waals surface area contributed by atoms with Gasteiger partial charge in [0, 0.05) is 6.54 Å². The van der Waals surface area contributed by atoms with Gasteiger partial charge in [-0.25, -0.2) is 4.39 Å². The van der Waals surface area contributed by atoms with Crippen LogP contribution >= 0.6 is 0 Å². The molecule has 1 aromatic carbocycles. The minimum absolute atomic E-state index is 0.0602. The Balaban J connectivity index is 2.67. The average molecular weight is 342 g/mol. The number of ketones is 1. The Hall–Kier alpha value is -2.94. The lowest BCUT2D eigenvalue weighted by atomic mass is 9.97. The molecule has 130 valence electrons. The Morgan fingerprint density at radius 1 is 1.32 bits per heavy atom. The van der Waals surface area contributed by atoms with Crippen molar-refractivity contribution in [2.75, 3.05) is 0 Å². The van der Waals surface area contributed by atoms with Crippen LogP contribution in [0.5, 0.6) is 5.88 Å². The quantitative estimate of drug-likeness (QED) is 0.645. The fourth-order valence-corrected chi connectivity index (χ4v) is 2.73. The number of aromatic nitrogens is 1. The number of rotatable bonds is 6. The van der Waals surface area contributed by atoms with Gasteiger partial charge in [-0.15, -0.1) is 0 Å². The minimum Gasteiger partial charge on any atom is -0.494 e. The van der Waals surface area contributed by atoms with E-state index in [4.69, 9.17) is 0 Å². The molecule has 0 aliphatic rings. The highest BCUT2D eigenvalue weighted by atomic mass is 19.1. The van der Waals surface area contributed by atoms with Crippen LogP contribution in [0.25, 0.3) is 0 Å². The number of hydrogen-bond donors (Lipinski definition) is 1. The first kappa shape index (κ1) is 18.4. The van der Waals surface area contributed by atoms with Crippen molar-refractivity contribution < 1.29 is 14.3 Å². The molecule has 1 N–H and O–H groups in total. The maximum Gasteiger partial charge on any atom is 0.271 e. The van der Waals surface area contributed by atoms with Crippen molar-refractivity contribution in [2.45, 2.75) is 39.7 Å². The molecule has 1 aromatic heterocycles. The van der Waals surface area contributed by atoms with Crippen molar-refractivity contribution in [3.63, 3.8) is 0 Å². The molecule has 0 saturated heterocycles. The molecule has 0 atom stereocenters. The summed E-state index contributed by atoms with van der Waals surface area (Å²) >= 11 is 0. The Kier molecular flexibility index (Phi) is 5.71. The van der Waals surface area contributed by atoms with Gasteiger partial charge in [-0.05, 0) is 31.0 Å². The van der Waals surface area contributed by atoms with Crippen molar-refractivity contribution in [1.29, 1.82) is 5.26 Å². The van der Waals surface area contributed by atoms with Gasteiger partial charge < -0.3 is 5.11 Å². The van der Waals surface area contributed by atoms with Gasteiger partial charge >= 0.3 is 0 Å². The van der Waals surface area contributed by atoms with E-state index in [2.05, 4.69) is 0 Å². The largest absolute Gasteiger partial charge is 0.494 e. The lowest BCUT2D eigenvalue weighted by molar-refractivity contribution is 0.103. The summed E-state index contributed by atoms with van der Waals surface area (Å²) in [4.78, 5) is 25.2. The predicted molar refractivity (Wildman–Crippen MR) is 91.2 cm³/mol. The van der Waals surface area contributed by atoms with E-state index in [0.717, 1.165) is 23.5 Å². The van der Waals surface area contributed by atoms with Crippen LogP contribution in [0.2, 0.25) is 0 Å². The Labute approximate surface area is 145 Å². The maximum atomic E-state index is 14.0. The number of pyridine rings is 1. The van der Waals surface area contributed by atoms with Gasteiger partial charge in [0.1, 0.15) is 17.4 Å². The Morgan fingerprint density at radius 3 is 2.60 bits per heavy atom. The average Bonchev–Trinajstić information content (AvgIpc) is 2.58. The molecule has 0 unspecified atom stereocenters. The highest BCUT2D eigenvalue weighted by Gasteiger charge is 2.26. The van der Waals surface area contributed by atoms with Gasteiger partial charge in [0.25, 0.3) is 5.56 Å². The van der Waals surface area contributed by atoms with Crippen molar-refractivity contribution in [1.82, 2.24) is 4.57 Å². The van der Waals surface area contributed by atoms with Gasteiger partial charge in [0.05, 0.1) is 11.1 Å². The molecular formula is C19H19FN2O3. The molecule has 5 nitrogen and oxygen atoms in total. The van der Waals surface area contributed by atoms with Crippen molar-refractivity contribution >= 4 is 5.78 Å². The number of aromatic hydroxyl groups is 1. The van der Waals surface area contributed by atoms with E-state index >= 15 is 0 Å². The van der Waals surface area contributed by atoms with Crippen LogP contribution in [0, 0.1) is 24.1 Å². The molecule has 0 fully saturated rings. The van der Waals surface area contributed by atoms with Crippen LogP contribution in [-0.2, 0) is 6.54 Å². The van der Waals surface area contributed by atoms with Crippen molar-refractivity contribution in [3.05, 3.63) is 62.7 Å². The summed E-state index contributed by atoms with van der Waals surface area (Å²) in [5.41, 5.74) is -1.22. The number of hydrogen-bond acceptors (Lipinski definition) is 4. The number of nitrogens with zero attached hydrogens (tertiary/aromatic N) is 2. The molecule has 0 saturated carbocycles. The second-order valence-corrected chi connectivity index (χ2v) is 5.78. The van der Waals surface area contributed by atoms with Crippen molar-refractivity contribution in [3.8, 4) is 11.9 Å². The summed E-state index contributed by atoms with van der Waals surface area (Å²) in [6.45, 7) is 3.58. The number of halogens is 1. The fraction of sp³-hybridized carbons (Fsp3) is 0.316. The number of unbranched alkanes of at least 4 members (excludes halogenated alkanes) is 2. The number of carbonyl (C=O) groups excluding carboxylic acids is 1. The molecule has 2 aromatic rings. The number of nitriles is 1. The van der Waals surface area contributed by atoms with Crippen molar-refractivity contribution in [2.24, 2.45) is 0 Å². The second-order valence-electron chi connectivity index (χ2n) is 5.78. The summed E-state index contributed by atoms with van der Waals surface area (Å²) in [6.07, 6.45) is 2.36. The molecule has 6 heteroatoms. The highest BCUT2D eigenvalue weighted by Crippen LogP contribution is 2.26. The Bertz CT molecular complexity index is 910. The van der Waals surface area contributed by atoms with Gasteiger partial charge in [0.2, 0.25) is 11.7 Å². The first-order valence-electron chi connectivity index (χ1n) is 8.09. The van der Waals surface area contributed by atoms with E-state index in [1.54, 1.807) is 6.07 Å². The van der Waals surface area contributed by atoms with Gasteiger partial charge in [-0.3, -0.25) is 14.2 Å². The smallest absolute Gasteiger partial charge is 0.271 e. The molecule has 0 aliphatic heterocycles. The van der Waals surface area contributed by atoms with Crippen LogP contribution in [0.3, 0.4) is 0 Å². The van der Waals surface area contributed by atoms with Gasteiger partial charge in [-0.2, -0.15) is 5.26 Å². The van der Waals surface area contributed by atoms with E-state index < -0.39 is 23.0 Å². The lowest BCUT2D eigenvalue weighted by Gasteiger charge is -2.15. The summed E-state index contributed by atoms with van der Waals surface area (Å²) in [5, 5.41) is 19.8. The molecule has 1 heterocycles. The third-order valence-electron chi connectivity index (χ3n) is 4.13. The summed E-state index contributed by atoms with van der Waals surface area (Å²) in [7, 11) is 0.